The first-order chi connectivity index (χ1) is 8.58. The van der Waals surface area contributed by atoms with E-state index in [1.165, 1.54) is 11.3 Å². The third-order valence-electron chi connectivity index (χ3n) is 3.20. The van der Waals surface area contributed by atoms with Gasteiger partial charge in [0.2, 0.25) is 0 Å². The third kappa shape index (κ3) is 2.73. The normalized spacial score (nSPS) is 12.9. The fourth-order valence-electron chi connectivity index (χ4n) is 2.19. The number of nitrogens with zero attached hydrogens (tertiary/aromatic N) is 2. The van der Waals surface area contributed by atoms with Gasteiger partial charge in [0.15, 0.2) is 0 Å². The molecule has 1 heterocycles. The van der Waals surface area contributed by atoms with Gasteiger partial charge in [0.25, 0.3) is 0 Å². The molecule has 1 unspecified atom stereocenters. The van der Waals surface area contributed by atoms with E-state index in [-0.39, 0.29) is 0 Å². The molecule has 0 saturated heterocycles. The van der Waals surface area contributed by atoms with Crippen LogP contribution in [0.4, 0.5) is 5.69 Å². The molecule has 0 fully saturated rings. The van der Waals surface area contributed by atoms with Crippen molar-refractivity contribution >= 4 is 5.69 Å². The van der Waals surface area contributed by atoms with Gasteiger partial charge in [-0.1, -0.05) is 26.0 Å². The van der Waals surface area contributed by atoms with Crippen LogP contribution in [0.15, 0.2) is 36.8 Å². The molecular weight excluding hydrogens is 222 g/mol. The summed E-state index contributed by atoms with van der Waals surface area (Å²) in [5, 5.41) is 0. The maximum absolute atomic E-state index is 5.72. The number of aromatic nitrogens is 2. The molecule has 0 bridgehead atoms. The van der Waals surface area contributed by atoms with Crippen molar-refractivity contribution in [2.24, 2.45) is 5.92 Å². The van der Waals surface area contributed by atoms with Crippen LogP contribution in [0.1, 0.15) is 38.1 Å². The second-order valence-corrected chi connectivity index (χ2v) is 5.23. The SMILES string of the molecule is CC(C)Cc1cncn1C(C)c1ccc(N)cc1. The van der Waals surface area contributed by atoms with Gasteiger partial charge in [0.1, 0.15) is 0 Å². The zero-order valence-electron chi connectivity index (χ0n) is 11.3. The predicted molar refractivity (Wildman–Crippen MR) is 75.4 cm³/mol. The van der Waals surface area contributed by atoms with E-state index in [1.807, 2.05) is 24.7 Å². The van der Waals surface area contributed by atoms with Gasteiger partial charge in [-0.15, -0.1) is 0 Å². The number of imidazole rings is 1. The Morgan fingerprint density at radius 3 is 2.44 bits per heavy atom. The highest BCUT2D eigenvalue weighted by Gasteiger charge is 2.12. The topological polar surface area (TPSA) is 43.8 Å². The lowest BCUT2D eigenvalue weighted by Crippen LogP contribution is -2.11. The molecule has 3 nitrogen and oxygen atoms in total. The monoisotopic (exact) mass is 243 g/mol. The summed E-state index contributed by atoms with van der Waals surface area (Å²) >= 11 is 0. The largest absolute Gasteiger partial charge is 0.399 e. The number of nitrogen functional groups attached to an aromatic ring is 1. The van der Waals surface area contributed by atoms with Crippen molar-refractivity contribution in [2.45, 2.75) is 33.2 Å². The van der Waals surface area contributed by atoms with Gasteiger partial charge < -0.3 is 10.3 Å². The maximum atomic E-state index is 5.72. The number of anilines is 1. The van der Waals surface area contributed by atoms with Crippen molar-refractivity contribution in [3.8, 4) is 0 Å². The molecule has 1 aromatic carbocycles. The molecule has 0 radical (unpaired) electrons. The van der Waals surface area contributed by atoms with Crippen molar-refractivity contribution in [3.05, 3.63) is 48.0 Å². The highest BCUT2D eigenvalue weighted by Crippen LogP contribution is 2.21. The average molecular weight is 243 g/mol. The van der Waals surface area contributed by atoms with Gasteiger partial charge >= 0.3 is 0 Å². The summed E-state index contributed by atoms with van der Waals surface area (Å²) in [6, 6.07) is 8.36. The summed E-state index contributed by atoms with van der Waals surface area (Å²) in [5.74, 6) is 0.638. The lowest BCUT2D eigenvalue weighted by Gasteiger charge is -2.18. The Kier molecular flexibility index (Phi) is 3.70. The van der Waals surface area contributed by atoms with Gasteiger partial charge in [-0.3, -0.25) is 0 Å². The van der Waals surface area contributed by atoms with Crippen LogP contribution in [-0.4, -0.2) is 9.55 Å². The number of hydrogen-bond donors (Lipinski definition) is 1. The molecule has 3 heteroatoms. The first-order valence-corrected chi connectivity index (χ1v) is 6.44. The van der Waals surface area contributed by atoms with Crippen LogP contribution < -0.4 is 5.73 Å². The fourth-order valence-corrected chi connectivity index (χ4v) is 2.19. The van der Waals surface area contributed by atoms with Crippen LogP contribution in [0.3, 0.4) is 0 Å². The van der Waals surface area contributed by atoms with Crippen molar-refractivity contribution in [1.82, 2.24) is 9.55 Å². The van der Waals surface area contributed by atoms with Crippen LogP contribution >= 0.6 is 0 Å². The van der Waals surface area contributed by atoms with Crippen molar-refractivity contribution in [3.63, 3.8) is 0 Å². The molecule has 0 spiro atoms. The van der Waals surface area contributed by atoms with E-state index in [2.05, 4.69) is 42.5 Å². The second kappa shape index (κ2) is 5.25. The van der Waals surface area contributed by atoms with E-state index in [4.69, 9.17) is 5.73 Å². The molecule has 0 aliphatic heterocycles. The van der Waals surface area contributed by atoms with E-state index in [1.54, 1.807) is 0 Å². The number of nitrogens with two attached hydrogens (primary N) is 1. The summed E-state index contributed by atoms with van der Waals surface area (Å²) in [4.78, 5) is 4.28. The zero-order valence-corrected chi connectivity index (χ0v) is 11.3. The van der Waals surface area contributed by atoms with Crippen LogP contribution in [0, 0.1) is 5.92 Å². The lowest BCUT2D eigenvalue weighted by atomic mass is 10.1. The van der Waals surface area contributed by atoms with E-state index in [9.17, 15) is 0 Å². The van der Waals surface area contributed by atoms with E-state index in [0.717, 1.165) is 12.1 Å². The van der Waals surface area contributed by atoms with Crippen molar-refractivity contribution < 1.29 is 0 Å². The smallest absolute Gasteiger partial charge is 0.0953 e. The lowest BCUT2D eigenvalue weighted by molar-refractivity contribution is 0.559. The third-order valence-corrected chi connectivity index (χ3v) is 3.20. The molecule has 1 aromatic heterocycles. The molecule has 2 aromatic rings. The molecule has 0 saturated carbocycles. The Bertz CT molecular complexity index is 497. The van der Waals surface area contributed by atoms with Crippen LogP contribution in [0.25, 0.3) is 0 Å². The summed E-state index contributed by atoms with van der Waals surface area (Å²) in [6.07, 6.45) is 4.94. The molecular formula is C15H21N3. The maximum Gasteiger partial charge on any atom is 0.0953 e. The van der Waals surface area contributed by atoms with Crippen molar-refractivity contribution in [1.29, 1.82) is 0 Å². The Balaban J connectivity index is 2.25. The van der Waals surface area contributed by atoms with E-state index < -0.39 is 0 Å². The standard InChI is InChI=1S/C15H21N3/c1-11(2)8-15-9-17-10-18(15)12(3)13-4-6-14(16)7-5-13/h4-7,9-12H,8,16H2,1-3H3. The average Bonchev–Trinajstić information content (AvgIpc) is 2.76. The minimum Gasteiger partial charge on any atom is -0.399 e. The minimum atomic E-state index is 0.293. The summed E-state index contributed by atoms with van der Waals surface area (Å²) in [6.45, 7) is 6.65. The molecule has 2 N–H and O–H groups in total. The highest BCUT2D eigenvalue weighted by atomic mass is 15.1. The zero-order chi connectivity index (χ0) is 13.1. The van der Waals surface area contributed by atoms with E-state index >= 15 is 0 Å². The fraction of sp³-hybridized carbons (Fsp3) is 0.400. The molecule has 18 heavy (non-hydrogen) atoms. The van der Waals surface area contributed by atoms with Gasteiger partial charge in [-0.25, -0.2) is 4.98 Å². The Morgan fingerprint density at radius 1 is 1.17 bits per heavy atom. The van der Waals surface area contributed by atoms with Gasteiger partial charge in [-0.2, -0.15) is 0 Å². The Labute approximate surface area is 109 Å². The molecule has 1 atom stereocenters. The number of hydrogen-bond acceptors (Lipinski definition) is 2. The first-order valence-electron chi connectivity index (χ1n) is 6.44. The summed E-state index contributed by atoms with van der Waals surface area (Å²) in [5.41, 5.74) is 9.07. The second-order valence-electron chi connectivity index (χ2n) is 5.23. The van der Waals surface area contributed by atoms with Gasteiger partial charge in [-0.05, 0) is 37.0 Å². The van der Waals surface area contributed by atoms with Gasteiger partial charge in [0, 0.05) is 17.6 Å². The predicted octanol–water partition coefficient (Wildman–Crippen LogP) is 3.27. The van der Waals surface area contributed by atoms with Crippen LogP contribution in [0.2, 0.25) is 0 Å². The Hall–Kier alpha value is -1.77. The summed E-state index contributed by atoms with van der Waals surface area (Å²) in [7, 11) is 0. The molecule has 96 valence electrons. The van der Waals surface area contributed by atoms with Gasteiger partial charge in [0.05, 0.1) is 12.4 Å². The minimum absolute atomic E-state index is 0.293. The number of rotatable bonds is 4. The van der Waals surface area contributed by atoms with Crippen LogP contribution in [-0.2, 0) is 6.42 Å². The molecule has 2 rings (SSSR count). The highest BCUT2D eigenvalue weighted by molar-refractivity contribution is 5.40. The first kappa shape index (κ1) is 12.7. The number of benzene rings is 1. The molecule has 0 aliphatic carbocycles. The van der Waals surface area contributed by atoms with Crippen LogP contribution in [0.5, 0.6) is 0 Å². The Morgan fingerprint density at radius 2 is 1.83 bits per heavy atom. The molecule has 0 aliphatic rings. The quantitative estimate of drug-likeness (QED) is 0.837. The van der Waals surface area contributed by atoms with E-state index in [0.29, 0.717) is 12.0 Å². The van der Waals surface area contributed by atoms with Crippen molar-refractivity contribution in [2.75, 3.05) is 5.73 Å². The summed E-state index contributed by atoms with van der Waals surface area (Å²) < 4.78 is 2.24. The molecule has 0 amide bonds.